The summed E-state index contributed by atoms with van der Waals surface area (Å²) in [6.45, 7) is 0. The summed E-state index contributed by atoms with van der Waals surface area (Å²) in [6.07, 6.45) is 1.40. The Morgan fingerprint density at radius 3 is 1.76 bits per heavy atom. The molecule has 3 heteroatoms. The van der Waals surface area contributed by atoms with Gasteiger partial charge in [-0.2, -0.15) is 0 Å². The topological polar surface area (TPSA) is 53.4 Å². The number of rotatable bonds is 3. The van der Waals surface area contributed by atoms with Crippen molar-refractivity contribution in [3.8, 4) is 11.5 Å². The third-order valence-corrected chi connectivity index (χ3v) is 2.82. The van der Waals surface area contributed by atoms with Gasteiger partial charge >= 0.3 is 0 Å². The number of nitrogens with zero attached hydrogens (tertiary/aromatic N) is 1. The van der Waals surface area contributed by atoms with Crippen molar-refractivity contribution < 1.29 is 21.2 Å². The van der Waals surface area contributed by atoms with E-state index in [9.17, 15) is 10.2 Å². The van der Waals surface area contributed by atoms with E-state index in [-0.39, 0.29) is 16.8 Å². The van der Waals surface area contributed by atoms with Crippen LogP contribution in [0.5, 0.6) is 11.5 Å². The van der Waals surface area contributed by atoms with Crippen LogP contribution in [-0.2, 0) is 0 Å². The number of benzene rings is 2. The molecule has 3 nitrogen and oxygen atoms in total. The second-order valence-corrected chi connectivity index (χ2v) is 4.21. The molecule has 2 aromatic carbocycles. The molecule has 0 atom stereocenters. The molecule has 0 bridgehead atoms. The Hall–Kier alpha value is -2.81. The lowest BCUT2D eigenvalue weighted by molar-refractivity contribution is 0.475. The first-order chi connectivity index (χ1) is 13.6. The summed E-state index contributed by atoms with van der Waals surface area (Å²) in [6, 6.07) is -0.496. The SMILES string of the molecule is [2H]c1c([2H])c(C(c2ccccn2)c2c([2H])c([2H])c(O)c([2H])c2[2H])c([2H])c([2H])c1O. The maximum absolute atomic E-state index is 9.85. The summed E-state index contributed by atoms with van der Waals surface area (Å²) in [7, 11) is 0. The van der Waals surface area contributed by atoms with Gasteiger partial charge in [-0.1, -0.05) is 30.2 Å². The Labute approximate surface area is 134 Å². The normalized spacial score (nSPS) is 16.0. The lowest BCUT2D eigenvalue weighted by Gasteiger charge is -2.18. The monoisotopic (exact) mass is 285 g/mol. The third kappa shape index (κ3) is 2.87. The average molecular weight is 285 g/mol. The molecule has 1 aromatic heterocycles. The van der Waals surface area contributed by atoms with E-state index in [1.54, 1.807) is 12.1 Å². The van der Waals surface area contributed by atoms with E-state index in [0.29, 0.717) is 0 Å². The zero-order valence-corrected chi connectivity index (χ0v) is 10.7. The molecule has 3 aromatic rings. The molecule has 21 heavy (non-hydrogen) atoms. The minimum absolute atomic E-state index is 0.158. The van der Waals surface area contributed by atoms with Crippen LogP contribution in [0, 0.1) is 0 Å². The van der Waals surface area contributed by atoms with Gasteiger partial charge in [-0.25, -0.2) is 0 Å². The van der Waals surface area contributed by atoms with Gasteiger partial charge in [0.2, 0.25) is 0 Å². The summed E-state index contributed by atoms with van der Waals surface area (Å²) < 4.78 is 64.6. The van der Waals surface area contributed by atoms with Crippen LogP contribution in [0.1, 0.15) is 33.7 Å². The highest BCUT2D eigenvalue weighted by atomic mass is 16.3. The highest BCUT2D eigenvalue weighted by Crippen LogP contribution is 2.32. The standard InChI is InChI=1S/C18H15NO2/c20-15-8-4-13(5-9-15)18(17-3-1-2-12-19-17)14-6-10-16(21)11-7-14/h1-12,18,20-21H/i4D,5D,6D,7D,8D,9D,10D,11D. The number of phenolic OH excluding ortho intramolecular Hbond substituents is 2. The summed E-state index contributed by atoms with van der Waals surface area (Å²) in [4.78, 5) is 4.16. The fourth-order valence-electron chi connectivity index (χ4n) is 1.91. The lowest BCUT2D eigenvalue weighted by Crippen LogP contribution is -2.05. The van der Waals surface area contributed by atoms with Crippen LogP contribution in [0.4, 0.5) is 0 Å². The molecular weight excluding hydrogens is 262 g/mol. The zero-order chi connectivity index (χ0) is 21.6. The lowest BCUT2D eigenvalue weighted by atomic mass is 9.88. The van der Waals surface area contributed by atoms with E-state index in [0.717, 1.165) is 0 Å². The van der Waals surface area contributed by atoms with E-state index >= 15 is 0 Å². The highest BCUT2D eigenvalue weighted by Gasteiger charge is 2.17. The van der Waals surface area contributed by atoms with Crippen molar-refractivity contribution >= 4 is 0 Å². The largest absolute Gasteiger partial charge is 0.508 e. The third-order valence-electron chi connectivity index (χ3n) is 2.82. The summed E-state index contributed by atoms with van der Waals surface area (Å²) in [5.41, 5.74) is -0.364. The number of hydrogen-bond acceptors (Lipinski definition) is 3. The highest BCUT2D eigenvalue weighted by molar-refractivity contribution is 5.43. The van der Waals surface area contributed by atoms with E-state index in [1.165, 1.54) is 12.3 Å². The molecule has 0 radical (unpaired) electrons. The summed E-state index contributed by atoms with van der Waals surface area (Å²) >= 11 is 0. The maximum Gasteiger partial charge on any atom is 0.115 e. The van der Waals surface area contributed by atoms with Crippen molar-refractivity contribution in [2.45, 2.75) is 5.92 Å². The Balaban J connectivity index is 2.50. The molecule has 0 aliphatic carbocycles. The fourth-order valence-corrected chi connectivity index (χ4v) is 1.91. The van der Waals surface area contributed by atoms with E-state index in [1.807, 2.05) is 0 Å². The number of hydrogen-bond donors (Lipinski definition) is 2. The molecule has 0 aliphatic heterocycles. The van der Waals surface area contributed by atoms with Gasteiger partial charge in [0.15, 0.2) is 0 Å². The maximum atomic E-state index is 9.85. The number of aromatic nitrogens is 1. The molecule has 0 spiro atoms. The van der Waals surface area contributed by atoms with E-state index in [4.69, 9.17) is 11.0 Å². The van der Waals surface area contributed by atoms with Gasteiger partial charge < -0.3 is 10.2 Å². The minimum atomic E-state index is -1.31. The summed E-state index contributed by atoms with van der Waals surface area (Å²) in [5, 5.41) is 19.7. The molecule has 1 heterocycles. The predicted molar refractivity (Wildman–Crippen MR) is 81.4 cm³/mol. The Morgan fingerprint density at radius 2 is 1.33 bits per heavy atom. The fraction of sp³-hybridized carbons (Fsp3) is 0.0556. The second kappa shape index (κ2) is 5.67. The molecule has 0 amide bonds. The van der Waals surface area contributed by atoms with Crippen LogP contribution < -0.4 is 0 Å². The van der Waals surface area contributed by atoms with Crippen molar-refractivity contribution in [2.75, 3.05) is 0 Å². The average Bonchev–Trinajstić information content (AvgIpc) is 2.73. The van der Waals surface area contributed by atoms with Crippen molar-refractivity contribution in [2.24, 2.45) is 0 Å². The van der Waals surface area contributed by atoms with Gasteiger partial charge in [0.05, 0.1) is 22.6 Å². The van der Waals surface area contributed by atoms with Crippen LogP contribution in [0.25, 0.3) is 0 Å². The van der Waals surface area contributed by atoms with Crippen LogP contribution in [0.2, 0.25) is 0 Å². The van der Waals surface area contributed by atoms with Crippen molar-refractivity contribution in [3.05, 3.63) is 89.6 Å². The Morgan fingerprint density at radius 1 is 0.810 bits per heavy atom. The molecule has 2 N–H and O–H groups in total. The molecular formula is C18H15NO2. The molecule has 0 saturated carbocycles. The summed E-state index contributed by atoms with van der Waals surface area (Å²) in [5.74, 6) is -2.98. The second-order valence-electron chi connectivity index (χ2n) is 4.21. The van der Waals surface area contributed by atoms with Crippen LogP contribution in [0.15, 0.2) is 72.7 Å². The number of phenols is 2. The zero-order valence-electron chi connectivity index (χ0n) is 18.7. The first-order valence-corrected chi connectivity index (χ1v) is 6.08. The van der Waals surface area contributed by atoms with Crippen LogP contribution in [-0.4, -0.2) is 15.2 Å². The van der Waals surface area contributed by atoms with Gasteiger partial charge in [0, 0.05) is 6.20 Å². The van der Waals surface area contributed by atoms with Crippen LogP contribution >= 0.6 is 0 Å². The molecule has 0 saturated heterocycles. The molecule has 0 unspecified atom stereocenters. The van der Waals surface area contributed by atoms with Gasteiger partial charge in [-0.15, -0.1) is 0 Å². The van der Waals surface area contributed by atoms with Crippen LogP contribution in [0.3, 0.4) is 0 Å². The first kappa shape index (κ1) is 6.76. The number of pyridine rings is 1. The van der Waals surface area contributed by atoms with Gasteiger partial charge in [0.25, 0.3) is 0 Å². The van der Waals surface area contributed by atoms with Crippen molar-refractivity contribution in [1.29, 1.82) is 0 Å². The first-order valence-electron chi connectivity index (χ1n) is 10.1. The van der Waals surface area contributed by atoms with Crippen molar-refractivity contribution in [1.82, 2.24) is 4.98 Å². The van der Waals surface area contributed by atoms with Gasteiger partial charge in [-0.05, 0) is 47.4 Å². The van der Waals surface area contributed by atoms with E-state index < -0.39 is 65.8 Å². The Kier molecular flexibility index (Phi) is 1.83. The molecule has 0 fully saturated rings. The smallest absolute Gasteiger partial charge is 0.115 e. The predicted octanol–water partition coefficient (Wildman–Crippen LogP) is 3.67. The number of aromatic hydroxyl groups is 2. The molecule has 104 valence electrons. The molecule has 0 aliphatic rings. The minimum Gasteiger partial charge on any atom is -0.508 e. The van der Waals surface area contributed by atoms with Crippen molar-refractivity contribution in [3.63, 3.8) is 0 Å². The quantitative estimate of drug-likeness (QED) is 0.772. The molecule has 3 rings (SSSR count). The van der Waals surface area contributed by atoms with Gasteiger partial charge in [0.1, 0.15) is 11.5 Å². The van der Waals surface area contributed by atoms with Gasteiger partial charge in [-0.3, -0.25) is 4.98 Å². The Bertz CT molecular complexity index is 994. The van der Waals surface area contributed by atoms with E-state index in [2.05, 4.69) is 4.98 Å².